The van der Waals surface area contributed by atoms with Crippen LogP contribution in [-0.4, -0.2) is 31.9 Å². The molecule has 212 valence electrons. The van der Waals surface area contributed by atoms with Crippen LogP contribution in [0.3, 0.4) is 0 Å². The van der Waals surface area contributed by atoms with Gasteiger partial charge >= 0.3 is 5.97 Å². The number of ether oxygens (including phenoxy) is 1. The van der Waals surface area contributed by atoms with E-state index in [1.807, 2.05) is 18.2 Å². The summed E-state index contributed by atoms with van der Waals surface area (Å²) in [6.45, 7) is 0.357. The Labute approximate surface area is 250 Å². The summed E-state index contributed by atoms with van der Waals surface area (Å²) in [5.74, 6) is 0.786. The predicted molar refractivity (Wildman–Crippen MR) is 155 cm³/mol. The Kier molecular flexibility index (Phi) is 5.90. The normalized spacial score (nSPS) is 30.4. The lowest BCUT2D eigenvalue weighted by atomic mass is 9.48. The average Bonchev–Trinajstić information content (AvgIpc) is 3.55. The van der Waals surface area contributed by atoms with E-state index in [2.05, 4.69) is 5.16 Å². The van der Waals surface area contributed by atoms with Crippen LogP contribution in [0.4, 0.5) is 0 Å². The van der Waals surface area contributed by atoms with Gasteiger partial charge in [-0.2, -0.15) is 0 Å². The highest BCUT2D eigenvalue weighted by atomic mass is 35.5. The number of rotatable bonds is 7. The highest BCUT2D eigenvalue weighted by molar-refractivity contribution is 7.18. The molecule has 10 heteroatoms. The lowest BCUT2D eigenvalue weighted by molar-refractivity contribution is -0.250. The van der Waals surface area contributed by atoms with Crippen LogP contribution in [0.1, 0.15) is 77.6 Å². The third-order valence-electron chi connectivity index (χ3n) is 9.84. The summed E-state index contributed by atoms with van der Waals surface area (Å²) < 4.78 is 13.6. The summed E-state index contributed by atoms with van der Waals surface area (Å²) in [5, 5.41) is 27.9. The Balaban J connectivity index is 1.10. The first-order valence-electron chi connectivity index (χ1n) is 14.2. The van der Waals surface area contributed by atoms with Crippen LogP contribution in [0, 0.1) is 17.8 Å². The van der Waals surface area contributed by atoms with Crippen molar-refractivity contribution in [2.75, 3.05) is 0 Å². The van der Waals surface area contributed by atoms with Crippen molar-refractivity contribution < 1.29 is 24.3 Å². The maximum Gasteiger partial charge on any atom is 0.335 e. The van der Waals surface area contributed by atoms with Crippen molar-refractivity contribution in [1.82, 2.24) is 10.1 Å². The van der Waals surface area contributed by atoms with Crippen molar-refractivity contribution in [3.63, 3.8) is 0 Å². The Morgan fingerprint density at radius 1 is 1.10 bits per heavy atom. The Hall–Kier alpha value is -2.49. The highest BCUT2D eigenvalue weighted by Gasteiger charge is 2.64. The van der Waals surface area contributed by atoms with Crippen molar-refractivity contribution >= 4 is 50.7 Å². The zero-order valence-corrected chi connectivity index (χ0v) is 24.4. The van der Waals surface area contributed by atoms with Gasteiger partial charge < -0.3 is 19.5 Å². The van der Waals surface area contributed by atoms with Gasteiger partial charge in [0.25, 0.3) is 0 Å². The molecule has 2 aromatic carbocycles. The number of fused-ring (bicyclic) bond motifs is 1. The topological polar surface area (TPSA) is 106 Å². The van der Waals surface area contributed by atoms with Gasteiger partial charge in [-0.05, 0) is 93.0 Å². The second-order valence-corrected chi connectivity index (χ2v) is 14.2. The van der Waals surface area contributed by atoms with E-state index in [1.54, 1.807) is 18.2 Å². The molecule has 5 aliphatic rings. The Bertz CT molecular complexity index is 1680. The molecule has 5 fully saturated rings. The van der Waals surface area contributed by atoms with Gasteiger partial charge in [-0.25, -0.2) is 9.78 Å². The summed E-state index contributed by atoms with van der Waals surface area (Å²) >= 11 is 14.6. The Morgan fingerprint density at radius 3 is 2.51 bits per heavy atom. The summed E-state index contributed by atoms with van der Waals surface area (Å²) in [7, 11) is 0. The van der Waals surface area contributed by atoms with E-state index < -0.39 is 11.6 Å². The van der Waals surface area contributed by atoms with Crippen molar-refractivity contribution in [3.8, 4) is 11.3 Å². The average molecular weight is 612 g/mol. The number of aliphatic hydroxyl groups is 1. The number of halogens is 2. The predicted octanol–water partition coefficient (Wildman–Crippen LogP) is 7.82. The summed E-state index contributed by atoms with van der Waals surface area (Å²) in [6.07, 6.45) is 6.49. The number of carbonyl (C=O) groups is 1. The van der Waals surface area contributed by atoms with E-state index in [9.17, 15) is 15.0 Å². The molecule has 5 atom stereocenters. The largest absolute Gasteiger partial charge is 0.478 e. The van der Waals surface area contributed by atoms with Crippen molar-refractivity contribution in [3.05, 3.63) is 68.3 Å². The number of carboxylic acid groups (broad SMARTS) is 1. The molecule has 0 radical (unpaired) electrons. The second kappa shape index (κ2) is 9.25. The lowest BCUT2D eigenvalue weighted by Crippen LogP contribution is -2.62. The van der Waals surface area contributed by atoms with E-state index in [4.69, 9.17) is 37.4 Å². The van der Waals surface area contributed by atoms with Crippen LogP contribution in [-0.2, 0) is 16.9 Å². The van der Waals surface area contributed by atoms with Gasteiger partial charge in [0.1, 0.15) is 22.1 Å². The van der Waals surface area contributed by atoms with Gasteiger partial charge in [0.15, 0.2) is 0 Å². The number of carboxylic acids is 1. The number of thiazole rings is 1. The molecule has 2 aromatic heterocycles. The third kappa shape index (κ3) is 4.09. The summed E-state index contributed by atoms with van der Waals surface area (Å²) in [5.41, 5.74) is 1.83. The minimum absolute atomic E-state index is 0.0242. The zero-order valence-electron chi connectivity index (χ0n) is 22.1. The molecule has 5 saturated carbocycles. The molecule has 0 unspecified atom stereocenters. The van der Waals surface area contributed by atoms with Gasteiger partial charge in [-0.1, -0.05) is 34.4 Å². The molecule has 7 nitrogen and oxygen atoms in total. The Morgan fingerprint density at radius 2 is 1.83 bits per heavy atom. The van der Waals surface area contributed by atoms with E-state index in [1.165, 1.54) is 11.3 Å². The SMILES string of the molecule is O=C(O)c1ccc2nc([C@@]3(O)[C@@H]4C[C@H]5C[C@H]3C[C@@](OCc3c(-c6c(Cl)cccc6Cl)noc3C3CC3)(C5)C4)sc2c1. The van der Waals surface area contributed by atoms with Crippen molar-refractivity contribution in [1.29, 1.82) is 0 Å². The molecular weight excluding hydrogens is 583 g/mol. The zero-order chi connectivity index (χ0) is 28.1. The van der Waals surface area contributed by atoms with Crippen LogP contribution < -0.4 is 0 Å². The van der Waals surface area contributed by atoms with Crippen LogP contribution in [0.2, 0.25) is 10.0 Å². The molecule has 4 bridgehead atoms. The van der Waals surface area contributed by atoms with Gasteiger partial charge in [-0.3, -0.25) is 0 Å². The molecule has 41 heavy (non-hydrogen) atoms. The fourth-order valence-electron chi connectivity index (χ4n) is 7.94. The van der Waals surface area contributed by atoms with Crippen LogP contribution in [0.25, 0.3) is 21.5 Å². The number of aromatic nitrogens is 2. The maximum absolute atomic E-state index is 12.3. The van der Waals surface area contributed by atoms with Crippen LogP contribution in [0.15, 0.2) is 40.9 Å². The highest BCUT2D eigenvalue weighted by Crippen LogP contribution is 2.65. The van der Waals surface area contributed by atoms with Gasteiger partial charge in [0, 0.05) is 17.0 Å². The quantitative estimate of drug-likeness (QED) is 0.220. The van der Waals surface area contributed by atoms with Gasteiger partial charge in [0.05, 0.1) is 38.0 Å². The van der Waals surface area contributed by atoms with Crippen LogP contribution in [0.5, 0.6) is 0 Å². The number of hydrogen-bond acceptors (Lipinski definition) is 7. The molecule has 4 aromatic rings. The van der Waals surface area contributed by atoms with Crippen molar-refractivity contribution in [2.45, 2.75) is 68.7 Å². The minimum atomic E-state index is -1.04. The molecule has 9 rings (SSSR count). The van der Waals surface area contributed by atoms with Crippen LogP contribution >= 0.6 is 34.5 Å². The van der Waals surface area contributed by atoms with E-state index in [0.29, 0.717) is 44.8 Å². The number of nitrogens with zero attached hydrogens (tertiary/aromatic N) is 2. The van der Waals surface area contributed by atoms with Gasteiger partial charge in [0.2, 0.25) is 0 Å². The fraction of sp³-hybridized carbons (Fsp3) is 0.452. The fourth-order valence-corrected chi connectivity index (χ4v) is 9.77. The second-order valence-electron chi connectivity index (χ2n) is 12.4. The molecule has 2 N–H and O–H groups in total. The number of aromatic carboxylic acids is 1. The monoisotopic (exact) mass is 610 g/mol. The maximum atomic E-state index is 12.3. The third-order valence-corrected chi connectivity index (χ3v) is 11.6. The van der Waals surface area contributed by atoms with Crippen molar-refractivity contribution in [2.24, 2.45) is 17.8 Å². The smallest absolute Gasteiger partial charge is 0.335 e. The lowest BCUT2D eigenvalue weighted by Gasteiger charge is -2.62. The number of hydrogen-bond donors (Lipinski definition) is 2. The molecular formula is C31H28Cl2N2O5S. The first-order valence-corrected chi connectivity index (χ1v) is 15.7. The minimum Gasteiger partial charge on any atom is -0.478 e. The number of benzene rings is 2. The van der Waals surface area contributed by atoms with E-state index >= 15 is 0 Å². The summed E-state index contributed by atoms with van der Waals surface area (Å²) in [4.78, 5) is 16.3. The molecule has 0 spiro atoms. The first-order chi connectivity index (χ1) is 19.7. The molecule has 0 aliphatic heterocycles. The molecule has 0 amide bonds. The molecule has 5 aliphatic carbocycles. The molecule has 2 heterocycles. The van der Waals surface area contributed by atoms with E-state index in [-0.39, 0.29) is 23.0 Å². The van der Waals surface area contributed by atoms with Gasteiger partial charge in [-0.15, -0.1) is 11.3 Å². The standard InChI is InChI=1S/C31H28Cl2N2O5S/c32-21-2-1-3-22(33)25(21)26-20(27(40-35-26)16-4-5-16)14-39-30-11-15-8-18(12-30)31(38,19(9-15)13-30)29-34-23-7-6-17(28(36)37)10-24(23)41-29/h1-3,6-7,10,15-16,18-19,38H,4-5,8-9,11-14H2,(H,36,37)/t15-,18+,19-,30+,31+. The van der Waals surface area contributed by atoms with E-state index in [0.717, 1.165) is 66.5 Å². The first kappa shape index (κ1) is 26.2. The summed E-state index contributed by atoms with van der Waals surface area (Å²) in [6, 6.07) is 10.4. The molecule has 0 saturated heterocycles.